The van der Waals surface area contributed by atoms with Gasteiger partial charge in [-0.25, -0.2) is 0 Å². The molecule has 8 heteroatoms. The summed E-state index contributed by atoms with van der Waals surface area (Å²) in [7, 11) is 0. The Balaban J connectivity index is 1.17. The van der Waals surface area contributed by atoms with Gasteiger partial charge in [-0.15, -0.1) is 0 Å². The number of rotatable bonds is 44. The molecule has 0 unspecified atom stereocenters. The van der Waals surface area contributed by atoms with E-state index in [9.17, 15) is 9.59 Å². The van der Waals surface area contributed by atoms with Gasteiger partial charge in [0.2, 0.25) is 0 Å². The van der Waals surface area contributed by atoms with Crippen molar-refractivity contribution in [2.45, 2.75) is 225 Å². The Morgan fingerprint density at radius 2 is 0.525 bits per heavy atom. The number of halogens is 2. The summed E-state index contributed by atoms with van der Waals surface area (Å²) in [4.78, 5) is 24.1. The molecule has 0 spiro atoms. The predicted octanol–water partition coefficient (Wildman–Crippen LogP) is 17.1. The number of carbonyl (C=O) groups excluding carboxylic acids is 2. The van der Waals surface area contributed by atoms with E-state index in [2.05, 4.69) is 93.7 Å². The van der Waals surface area contributed by atoms with Crippen molar-refractivity contribution in [1.29, 1.82) is 0 Å². The highest BCUT2D eigenvalue weighted by Crippen LogP contribution is 2.18. The summed E-state index contributed by atoms with van der Waals surface area (Å²) in [6, 6.07) is 16.6. The minimum Gasteiger partial charge on any atom is -0.494 e. The molecule has 0 aromatic heterocycles. The second-order valence-corrected chi connectivity index (χ2v) is 19.7. The number of hydrogen-bond donors (Lipinski definition) is 0. The summed E-state index contributed by atoms with van der Waals surface area (Å²) in [5.41, 5.74) is 0. The maximum absolute atomic E-state index is 12.1. The van der Waals surface area contributed by atoms with E-state index in [-0.39, 0.29) is 11.9 Å². The van der Waals surface area contributed by atoms with Gasteiger partial charge in [0.25, 0.3) is 0 Å². The third-order valence-electron chi connectivity index (χ3n) is 11.5. The third kappa shape index (κ3) is 37.5. The highest BCUT2D eigenvalue weighted by Gasteiger charge is 2.06. The van der Waals surface area contributed by atoms with Crippen LogP contribution in [0.25, 0.3) is 0 Å². The molecular formula is C53H86I2O6. The molecule has 2 aromatic carbocycles. The van der Waals surface area contributed by atoms with Crippen LogP contribution in [0, 0.1) is 7.14 Å². The summed E-state index contributed by atoms with van der Waals surface area (Å²) in [5, 5.41) is 0. The van der Waals surface area contributed by atoms with Gasteiger partial charge in [0.1, 0.15) is 11.5 Å². The zero-order chi connectivity index (χ0) is 43.5. The molecule has 0 atom stereocenters. The topological polar surface area (TPSA) is 71.1 Å². The molecule has 0 aliphatic carbocycles. The molecule has 0 radical (unpaired) electrons. The van der Waals surface area contributed by atoms with Crippen molar-refractivity contribution in [3.8, 4) is 11.5 Å². The van der Waals surface area contributed by atoms with Crippen molar-refractivity contribution < 1.29 is 28.5 Å². The van der Waals surface area contributed by atoms with Crippen molar-refractivity contribution in [3.63, 3.8) is 0 Å². The first-order valence-electron chi connectivity index (χ1n) is 25.1. The molecule has 0 N–H and O–H groups in total. The minimum absolute atomic E-state index is 0.122. The summed E-state index contributed by atoms with van der Waals surface area (Å²) < 4.78 is 24.8. The van der Waals surface area contributed by atoms with E-state index in [1.165, 1.54) is 174 Å². The zero-order valence-electron chi connectivity index (χ0n) is 38.4. The highest BCUT2D eigenvalue weighted by molar-refractivity contribution is 14.1. The molecule has 2 aromatic rings. The summed E-state index contributed by atoms with van der Waals surface area (Å²) in [6.45, 7) is 2.33. The molecule has 0 saturated carbocycles. The van der Waals surface area contributed by atoms with Crippen molar-refractivity contribution in [2.75, 3.05) is 26.4 Å². The fourth-order valence-corrected chi connectivity index (χ4v) is 8.43. The Labute approximate surface area is 401 Å². The van der Waals surface area contributed by atoms with Gasteiger partial charge < -0.3 is 18.9 Å². The Bertz CT molecular complexity index is 1170. The average Bonchev–Trinajstić information content (AvgIpc) is 3.26. The molecule has 0 bridgehead atoms. The van der Waals surface area contributed by atoms with Gasteiger partial charge in [-0.3, -0.25) is 9.59 Å². The van der Waals surface area contributed by atoms with Crippen LogP contribution in [0.4, 0.5) is 0 Å². The second kappa shape index (κ2) is 42.4. The van der Waals surface area contributed by atoms with Crippen LogP contribution in [-0.4, -0.2) is 38.4 Å². The third-order valence-corrected chi connectivity index (χ3v) is 13.0. The lowest BCUT2D eigenvalue weighted by Gasteiger charge is -2.07. The lowest BCUT2D eigenvalue weighted by molar-refractivity contribution is -0.146. The summed E-state index contributed by atoms with van der Waals surface area (Å²) in [6.07, 6.45) is 42.5. The van der Waals surface area contributed by atoms with Crippen molar-refractivity contribution in [1.82, 2.24) is 0 Å². The Morgan fingerprint density at radius 1 is 0.295 bits per heavy atom. The number of hydrogen-bond acceptors (Lipinski definition) is 6. The molecule has 0 amide bonds. The Kier molecular flexibility index (Phi) is 38.6. The van der Waals surface area contributed by atoms with E-state index < -0.39 is 0 Å². The second-order valence-electron chi connectivity index (χ2n) is 17.2. The van der Waals surface area contributed by atoms with Crippen LogP contribution in [0.5, 0.6) is 11.5 Å². The Hall–Kier alpha value is -1.56. The van der Waals surface area contributed by atoms with Crippen molar-refractivity contribution in [2.24, 2.45) is 0 Å². The number of carbonyl (C=O) groups is 2. The largest absolute Gasteiger partial charge is 0.494 e. The lowest BCUT2D eigenvalue weighted by atomic mass is 10.0. The van der Waals surface area contributed by atoms with E-state index in [1.807, 2.05) is 0 Å². The highest BCUT2D eigenvalue weighted by atomic mass is 127. The molecular weight excluding hydrogens is 986 g/mol. The standard InChI is InChI=1S/C53H86I2O6/c54-48-36-40-50(41-37-48)58-44-31-27-23-19-15-11-7-3-1-5-9-13-17-21-25-29-34-52(56)60-46-33-47-61-53(57)35-30-26-22-18-14-10-6-2-4-8-12-16-20-24-28-32-45-59-51-42-38-49(55)39-43-51/h36-43H,1-35,44-47H2. The molecule has 348 valence electrons. The van der Waals surface area contributed by atoms with Crippen LogP contribution < -0.4 is 9.47 Å². The quantitative estimate of drug-likeness (QED) is 0.0374. The normalized spacial score (nSPS) is 11.2. The summed E-state index contributed by atoms with van der Waals surface area (Å²) >= 11 is 4.64. The van der Waals surface area contributed by atoms with Crippen LogP contribution in [0.3, 0.4) is 0 Å². The van der Waals surface area contributed by atoms with Crippen LogP contribution in [-0.2, 0) is 19.1 Å². The van der Waals surface area contributed by atoms with Crippen LogP contribution in [0.15, 0.2) is 48.5 Å². The molecule has 0 heterocycles. The number of benzene rings is 2. The fraction of sp³-hybridized carbons (Fsp3) is 0.736. The van der Waals surface area contributed by atoms with Gasteiger partial charge in [-0.05, 0) is 119 Å². The predicted molar refractivity (Wildman–Crippen MR) is 273 cm³/mol. The van der Waals surface area contributed by atoms with Crippen LogP contribution in [0.2, 0.25) is 0 Å². The molecule has 2 rings (SSSR count). The van der Waals surface area contributed by atoms with E-state index in [0.717, 1.165) is 63.2 Å². The van der Waals surface area contributed by atoms with Gasteiger partial charge in [0.15, 0.2) is 0 Å². The van der Waals surface area contributed by atoms with Crippen molar-refractivity contribution in [3.05, 3.63) is 55.7 Å². The molecule has 61 heavy (non-hydrogen) atoms. The first-order valence-corrected chi connectivity index (χ1v) is 27.3. The monoisotopic (exact) mass is 1070 g/mol. The molecule has 0 aliphatic rings. The fourth-order valence-electron chi connectivity index (χ4n) is 7.71. The van der Waals surface area contributed by atoms with Gasteiger partial charge >= 0.3 is 11.9 Å². The van der Waals surface area contributed by atoms with E-state index in [4.69, 9.17) is 18.9 Å². The number of esters is 2. The van der Waals surface area contributed by atoms with E-state index >= 15 is 0 Å². The molecule has 6 nitrogen and oxygen atoms in total. The molecule has 0 saturated heterocycles. The minimum atomic E-state index is -0.122. The van der Waals surface area contributed by atoms with Gasteiger partial charge in [0, 0.05) is 26.4 Å². The lowest BCUT2D eigenvalue weighted by Crippen LogP contribution is -2.10. The van der Waals surface area contributed by atoms with E-state index in [1.54, 1.807) is 0 Å². The number of unbranched alkanes of at least 4 members (excludes halogenated alkanes) is 30. The van der Waals surface area contributed by atoms with Gasteiger partial charge in [-0.1, -0.05) is 180 Å². The zero-order valence-corrected chi connectivity index (χ0v) is 42.7. The maximum Gasteiger partial charge on any atom is 0.305 e. The summed E-state index contributed by atoms with van der Waals surface area (Å²) in [5.74, 6) is 1.73. The smallest absolute Gasteiger partial charge is 0.305 e. The first-order chi connectivity index (χ1) is 30.0. The first kappa shape index (κ1) is 55.6. The molecule has 0 aliphatic heterocycles. The van der Waals surface area contributed by atoms with E-state index in [0.29, 0.717) is 32.5 Å². The number of ether oxygens (including phenoxy) is 4. The van der Waals surface area contributed by atoms with Crippen LogP contribution in [0.1, 0.15) is 225 Å². The van der Waals surface area contributed by atoms with Crippen molar-refractivity contribution >= 4 is 57.1 Å². The SMILES string of the molecule is O=C(CCCCCCCCCCCCCCCCCCOc1ccc(I)cc1)OCCCOC(=O)CCCCCCCCCCCCCCCCCCOc1ccc(I)cc1. The maximum atomic E-state index is 12.1. The van der Waals surface area contributed by atoms with Gasteiger partial charge in [0.05, 0.1) is 26.4 Å². The van der Waals surface area contributed by atoms with Gasteiger partial charge in [-0.2, -0.15) is 0 Å². The average molecular weight is 1070 g/mol. The van der Waals surface area contributed by atoms with Crippen LogP contribution >= 0.6 is 45.2 Å². The molecule has 0 fully saturated rings. The Morgan fingerprint density at radius 3 is 0.787 bits per heavy atom.